The standard InChI is InChI=1S/C11H22N4OS/c1-5-17(16)7-6-12-8-10-9-15(14-13-10)11(2,3)4/h9,12H,5-8H2,1-4H3. The van der Waals surface area contributed by atoms with Gasteiger partial charge in [-0.3, -0.25) is 4.21 Å². The number of nitrogens with one attached hydrogen (secondary N) is 1. The van der Waals surface area contributed by atoms with E-state index in [4.69, 9.17) is 0 Å². The van der Waals surface area contributed by atoms with Crippen LogP contribution in [0.5, 0.6) is 0 Å². The van der Waals surface area contributed by atoms with E-state index < -0.39 is 10.8 Å². The summed E-state index contributed by atoms with van der Waals surface area (Å²) in [6.45, 7) is 9.63. The molecule has 1 atom stereocenters. The summed E-state index contributed by atoms with van der Waals surface area (Å²) in [5, 5.41) is 11.4. The molecule has 6 heteroatoms. The highest BCUT2D eigenvalue weighted by molar-refractivity contribution is 7.84. The Balaban J connectivity index is 2.33. The smallest absolute Gasteiger partial charge is 0.0965 e. The Morgan fingerprint density at radius 1 is 1.47 bits per heavy atom. The first kappa shape index (κ1) is 14.3. The summed E-state index contributed by atoms with van der Waals surface area (Å²) in [5.74, 6) is 1.42. The molecule has 1 aromatic rings. The zero-order valence-corrected chi connectivity index (χ0v) is 11.9. The Kier molecular flexibility index (Phi) is 5.27. The highest BCUT2D eigenvalue weighted by Crippen LogP contribution is 2.11. The van der Waals surface area contributed by atoms with Gasteiger partial charge in [-0.15, -0.1) is 5.10 Å². The van der Waals surface area contributed by atoms with Crippen LogP contribution in [0.3, 0.4) is 0 Å². The minimum atomic E-state index is -0.697. The third-order valence-electron chi connectivity index (χ3n) is 2.36. The van der Waals surface area contributed by atoms with Crippen molar-refractivity contribution in [2.45, 2.75) is 39.8 Å². The Morgan fingerprint density at radius 2 is 2.18 bits per heavy atom. The molecule has 0 aliphatic heterocycles. The number of aromatic nitrogens is 3. The zero-order valence-electron chi connectivity index (χ0n) is 11.1. The quantitative estimate of drug-likeness (QED) is 0.770. The van der Waals surface area contributed by atoms with Gasteiger partial charge in [-0.05, 0) is 20.8 Å². The molecule has 0 radical (unpaired) electrons. The fraction of sp³-hybridized carbons (Fsp3) is 0.818. The minimum Gasteiger partial charge on any atom is -0.310 e. The average molecular weight is 258 g/mol. The summed E-state index contributed by atoms with van der Waals surface area (Å²) < 4.78 is 13.1. The van der Waals surface area contributed by atoms with Crippen molar-refractivity contribution in [3.8, 4) is 0 Å². The van der Waals surface area contributed by atoms with Gasteiger partial charge in [0.1, 0.15) is 0 Å². The Labute approximate surface area is 105 Å². The van der Waals surface area contributed by atoms with Crippen LogP contribution in [-0.2, 0) is 22.9 Å². The number of hydrogen-bond donors (Lipinski definition) is 1. The predicted octanol–water partition coefficient (Wildman–Crippen LogP) is 0.891. The van der Waals surface area contributed by atoms with E-state index in [1.54, 1.807) is 0 Å². The molecule has 1 N–H and O–H groups in total. The second-order valence-corrected chi connectivity index (χ2v) is 6.80. The van der Waals surface area contributed by atoms with Crippen LogP contribution in [0.15, 0.2) is 6.20 Å². The van der Waals surface area contributed by atoms with E-state index in [2.05, 4.69) is 36.4 Å². The van der Waals surface area contributed by atoms with E-state index in [1.165, 1.54) is 0 Å². The van der Waals surface area contributed by atoms with Crippen molar-refractivity contribution in [2.24, 2.45) is 0 Å². The highest BCUT2D eigenvalue weighted by atomic mass is 32.2. The first-order valence-corrected chi connectivity index (χ1v) is 7.39. The summed E-state index contributed by atoms with van der Waals surface area (Å²) >= 11 is 0. The van der Waals surface area contributed by atoms with Crippen LogP contribution >= 0.6 is 0 Å². The lowest BCUT2D eigenvalue weighted by molar-refractivity contribution is 0.347. The van der Waals surface area contributed by atoms with Crippen LogP contribution in [0, 0.1) is 0 Å². The maximum absolute atomic E-state index is 11.2. The summed E-state index contributed by atoms with van der Waals surface area (Å²) in [6, 6.07) is 0. The van der Waals surface area contributed by atoms with Crippen molar-refractivity contribution in [2.75, 3.05) is 18.1 Å². The molecule has 0 saturated heterocycles. The first-order chi connectivity index (χ1) is 7.93. The maximum atomic E-state index is 11.2. The Morgan fingerprint density at radius 3 is 2.71 bits per heavy atom. The highest BCUT2D eigenvalue weighted by Gasteiger charge is 2.14. The third-order valence-corrected chi connectivity index (χ3v) is 3.67. The van der Waals surface area contributed by atoms with Crippen LogP contribution in [0.1, 0.15) is 33.4 Å². The molecule has 0 aliphatic rings. The van der Waals surface area contributed by atoms with Gasteiger partial charge in [-0.1, -0.05) is 12.1 Å². The van der Waals surface area contributed by atoms with Gasteiger partial charge < -0.3 is 5.32 Å². The second kappa shape index (κ2) is 6.26. The molecule has 1 aromatic heterocycles. The molecule has 0 saturated carbocycles. The number of nitrogens with zero attached hydrogens (tertiary/aromatic N) is 3. The van der Waals surface area contributed by atoms with Gasteiger partial charge in [0.05, 0.1) is 17.4 Å². The van der Waals surface area contributed by atoms with Gasteiger partial charge in [0.25, 0.3) is 0 Å². The monoisotopic (exact) mass is 258 g/mol. The minimum absolute atomic E-state index is 0.0328. The molecule has 1 unspecified atom stereocenters. The van der Waals surface area contributed by atoms with E-state index in [-0.39, 0.29) is 5.54 Å². The summed E-state index contributed by atoms with van der Waals surface area (Å²) in [4.78, 5) is 0. The van der Waals surface area contributed by atoms with Gasteiger partial charge in [0.15, 0.2) is 0 Å². The molecule has 0 amide bonds. The zero-order chi connectivity index (χ0) is 12.9. The van der Waals surface area contributed by atoms with Crippen LogP contribution < -0.4 is 5.32 Å². The van der Waals surface area contributed by atoms with Crippen molar-refractivity contribution >= 4 is 10.8 Å². The van der Waals surface area contributed by atoms with Crippen molar-refractivity contribution in [3.63, 3.8) is 0 Å². The van der Waals surface area contributed by atoms with E-state index >= 15 is 0 Å². The van der Waals surface area contributed by atoms with Crippen LogP contribution in [0.25, 0.3) is 0 Å². The third kappa shape index (κ3) is 4.95. The lowest BCUT2D eigenvalue weighted by Gasteiger charge is -2.17. The van der Waals surface area contributed by atoms with Crippen LogP contribution in [0.4, 0.5) is 0 Å². The molecule has 0 aliphatic carbocycles. The van der Waals surface area contributed by atoms with Gasteiger partial charge >= 0.3 is 0 Å². The van der Waals surface area contributed by atoms with E-state index in [1.807, 2.05) is 17.8 Å². The topological polar surface area (TPSA) is 59.8 Å². The number of rotatable bonds is 6. The first-order valence-electron chi connectivity index (χ1n) is 5.91. The van der Waals surface area contributed by atoms with Gasteiger partial charge in [0, 0.05) is 35.4 Å². The predicted molar refractivity (Wildman–Crippen MR) is 70.3 cm³/mol. The molecule has 5 nitrogen and oxygen atoms in total. The average Bonchev–Trinajstić information content (AvgIpc) is 2.72. The molecule has 0 bridgehead atoms. The second-order valence-electron chi connectivity index (χ2n) is 4.93. The maximum Gasteiger partial charge on any atom is 0.0965 e. The van der Waals surface area contributed by atoms with E-state index in [0.29, 0.717) is 12.3 Å². The summed E-state index contributed by atoms with van der Waals surface area (Å²) in [5.41, 5.74) is 0.886. The molecule has 1 rings (SSSR count). The van der Waals surface area contributed by atoms with E-state index in [9.17, 15) is 4.21 Å². The summed E-state index contributed by atoms with van der Waals surface area (Å²) in [7, 11) is -0.697. The van der Waals surface area contributed by atoms with Crippen LogP contribution in [-0.4, -0.2) is 37.3 Å². The molecular weight excluding hydrogens is 236 g/mol. The van der Waals surface area contributed by atoms with Gasteiger partial charge in [-0.2, -0.15) is 0 Å². The molecule has 1 heterocycles. The van der Waals surface area contributed by atoms with Crippen molar-refractivity contribution in [1.82, 2.24) is 20.3 Å². The molecule has 0 spiro atoms. The molecule has 98 valence electrons. The normalized spacial score (nSPS) is 13.9. The Bertz CT molecular complexity index is 370. The molecule has 0 fully saturated rings. The van der Waals surface area contributed by atoms with Crippen molar-refractivity contribution in [3.05, 3.63) is 11.9 Å². The lowest BCUT2D eigenvalue weighted by atomic mass is 10.1. The van der Waals surface area contributed by atoms with Crippen LogP contribution in [0.2, 0.25) is 0 Å². The van der Waals surface area contributed by atoms with Gasteiger partial charge in [-0.25, -0.2) is 4.68 Å². The fourth-order valence-corrected chi connectivity index (χ4v) is 1.91. The Hall–Kier alpha value is -0.750. The SMILES string of the molecule is CCS(=O)CCNCc1cn(C(C)(C)C)nn1. The molecule has 0 aromatic carbocycles. The molecule has 17 heavy (non-hydrogen) atoms. The molecular formula is C11H22N4OS. The largest absolute Gasteiger partial charge is 0.310 e. The van der Waals surface area contributed by atoms with E-state index in [0.717, 1.165) is 18.0 Å². The number of hydrogen-bond acceptors (Lipinski definition) is 4. The van der Waals surface area contributed by atoms with Crippen molar-refractivity contribution in [1.29, 1.82) is 0 Å². The van der Waals surface area contributed by atoms with Gasteiger partial charge in [0.2, 0.25) is 0 Å². The van der Waals surface area contributed by atoms with Crippen molar-refractivity contribution < 1.29 is 4.21 Å². The fourth-order valence-electron chi connectivity index (χ4n) is 1.25. The lowest BCUT2D eigenvalue weighted by Crippen LogP contribution is -2.22. The summed E-state index contributed by atoms with van der Waals surface area (Å²) in [6.07, 6.45) is 1.95.